The van der Waals surface area contributed by atoms with E-state index in [-0.39, 0.29) is 17.6 Å². The third-order valence-corrected chi connectivity index (χ3v) is 7.73. The van der Waals surface area contributed by atoms with Crippen molar-refractivity contribution in [2.45, 2.75) is 40.0 Å². The number of aliphatic hydroxyl groups excluding tert-OH is 1. The summed E-state index contributed by atoms with van der Waals surface area (Å²) in [6.07, 6.45) is 2.98. The highest BCUT2D eigenvalue weighted by Crippen LogP contribution is 2.63. The number of aryl methyl sites for hydroxylation is 1. The van der Waals surface area contributed by atoms with Gasteiger partial charge in [0.2, 0.25) is 0 Å². The molecular weight excluding hydrogens is 392 g/mol. The molecule has 0 saturated heterocycles. The lowest BCUT2D eigenvalue weighted by Gasteiger charge is -2.22. The fourth-order valence-electron chi connectivity index (χ4n) is 6.31. The van der Waals surface area contributed by atoms with Gasteiger partial charge in [0.05, 0.1) is 5.57 Å². The maximum atomic E-state index is 13.7. The number of carbonyl (C=O) groups is 1. The van der Waals surface area contributed by atoms with Crippen LogP contribution in [0.5, 0.6) is 0 Å². The zero-order valence-corrected chi connectivity index (χ0v) is 18.5. The number of fused-ring (bicyclic) bond motifs is 5. The van der Waals surface area contributed by atoms with Crippen molar-refractivity contribution in [1.82, 2.24) is 0 Å². The van der Waals surface area contributed by atoms with Gasteiger partial charge in [-0.3, -0.25) is 4.79 Å². The number of halogens is 1. The number of carbonyl (C=O) groups excluding carboxylic acids is 1. The Balaban J connectivity index is 1.63. The van der Waals surface area contributed by atoms with Gasteiger partial charge in [-0.2, -0.15) is 0 Å². The van der Waals surface area contributed by atoms with Crippen LogP contribution in [0.3, 0.4) is 0 Å². The lowest BCUT2D eigenvalue weighted by atomic mass is 9.80. The normalized spacial score (nSPS) is 27.2. The number of allylic oxidation sites excluding steroid dienone is 4. The van der Waals surface area contributed by atoms with Crippen molar-refractivity contribution in [3.63, 3.8) is 0 Å². The van der Waals surface area contributed by atoms with Crippen LogP contribution in [-0.2, 0) is 11.2 Å². The molecule has 2 fully saturated rings. The van der Waals surface area contributed by atoms with Crippen molar-refractivity contribution in [2.75, 3.05) is 0 Å². The number of Topliss-reactive ketones (excluding diaryl/α,β-unsaturated/α-hetero) is 1. The predicted molar refractivity (Wildman–Crippen MR) is 122 cm³/mol. The van der Waals surface area contributed by atoms with Crippen LogP contribution in [0, 0.1) is 23.7 Å². The first-order chi connectivity index (χ1) is 14.4. The molecular formula is C27H27ClO2. The van der Waals surface area contributed by atoms with Crippen LogP contribution in [0.1, 0.15) is 44.7 Å². The van der Waals surface area contributed by atoms with E-state index in [0.29, 0.717) is 28.2 Å². The van der Waals surface area contributed by atoms with Gasteiger partial charge in [0.1, 0.15) is 5.76 Å². The largest absolute Gasteiger partial charge is 0.511 e. The molecule has 2 saturated carbocycles. The minimum absolute atomic E-state index is 0.0277. The Labute approximate surface area is 183 Å². The first-order valence-electron chi connectivity index (χ1n) is 11.0. The summed E-state index contributed by atoms with van der Waals surface area (Å²) >= 11 is 6.05. The minimum atomic E-state index is -0.0763. The molecule has 3 aliphatic carbocycles. The molecule has 0 aliphatic heterocycles. The van der Waals surface area contributed by atoms with Crippen LogP contribution in [-0.4, -0.2) is 10.9 Å². The summed E-state index contributed by atoms with van der Waals surface area (Å²) in [5.41, 5.74) is 7.45. The van der Waals surface area contributed by atoms with Gasteiger partial charge in [0.25, 0.3) is 0 Å². The average molecular weight is 419 g/mol. The van der Waals surface area contributed by atoms with Crippen LogP contribution in [0.4, 0.5) is 0 Å². The van der Waals surface area contributed by atoms with E-state index < -0.39 is 0 Å². The zero-order chi connectivity index (χ0) is 21.2. The molecule has 154 valence electrons. The molecule has 3 heteroatoms. The van der Waals surface area contributed by atoms with Gasteiger partial charge in [-0.15, -0.1) is 0 Å². The highest BCUT2D eigenvalue weighted by atomic mass is 35.5. The summed E-state index contributed by atoms with van der Waals surface area (Å²) in [6, 6.07) is 14.0. The Morgan fingerprint density at radius 3 is 2.23 bits per heavy atom. The molecule has 0 amide bonds. The van der Waals surface area contributed by atoms with E-state index in [2.05, 4.69) is 39.0 Å². The van der Waals surface area contributed by atoms with E-state index in [9.17, 15) is 9.90 Å². The van der Waals surface area contributed by atoms with Gasteiger partial charge in [-0.05, 0) is 85.4 Å². The highest BCUT2D eigenvalue weighted by Gasteiger charge is 2.60. The van der Waals surface area contributed by atoms with Crippen molar-refractivity contribution in [2.24, 2.45) is 23.7 Å². The van der Waals surface area contributed by atoms with E-state index in [4.69, 9.17) is 11.6 Å². The molecule has 2 aromatic carbocycles. The molecule has 1 N–H and O–H groups in total. The van der Waals surface area contributed by atoms with Gasteiger partial charge in [0.15, 0.2) is 5.78 Å². The summed E-state index contributed by atoms with van der Waals surface area (Å²) in [7, 11) is 0. The van der Waals surface area contributed by atoms with E-state index in [1.807, 2.05) is 24.3 Å². The lowest BCUT2D eigenvalue weighted by molar-refractivity contribution is -0.118. The number of benzene rings is 2. The first kappa shape index (κ1) is 19.6. The van der Waals surface area contributed by atoms with Crippen LogP contribution in [0.15, 0.2) is 59.4 Å². The standard InChI is InChI=1S/C27H27ClO2/c1-4-15-5-6-17(16-7-9-18(28)10-8-16)13-21(15)25-26(29)23-19-11-12-20(22(19)14(2)3)24(23)27(25)30/h5-10,13,19-20,23-24,29H,4,11-12H2,1-3H3/t19-,20+,23?,24?/m0/s1. The molecule has 2 bridgehead atoms. The van der Waals surface area contributed by atoms with Crippen molar-refractivity contribution < 1.29 is 9.90 Å². The van der Waals surface area contributed by atoms with Crippen molar-refractivity contribution in [3.05, 3.63) is 75.5 Å². The lowest BCUT2D eigenvalue weighted by Crippen LogP contribution is -2.24. The third-order valence-electron chi connectivity index (χ3n) is 7.48. The molecule has 5 rings (SSSR count). The topological polar surface area (TPSA) is 37.3 Å². The van der Waals surface area contributed by atoms with Crippen molar-refractivity contribution in [3.8, 4) is 11.1 Å². The summed E-state index contributed by atoms with van der Waals surface area (Å²) in [5, 5.41) is 12.0. The molecule has 0 spiro atoms. The Hall–Kier alpha value is -2.32. The molecule has 4 atom stereocenters. The molecule has 2 aromatic rings. The zero-order valence-electron chi connectivity index (χ0n) is 17.7. The summed E-state index contributed by atoms with van der Waals surface area (Å²) in [6.45, 7) is 6.40. The molecule has 0 heterocycles. The second-order valence-corrected chi connectivity index (χ2v) is 9.59. The second kappa shape index (κ2) is 7.13. The van der Waals surface area contributed by atoms with Crippen molar-refractivity contribution >= 4 is 23.0 Å². The molecule has 3 aliphatic rings. The fraction of sp³-hybridized carbons (Fsp3) is 0.370. The van der Waals surface area contributed by atoms with Crippen LogP contribution in [0.2, 0.25) is 5.02 Å². The number of aliphatic hydroxyl groups is 1. The van der Waals surface area contributed by atoms with Crippen molar-refractivity contribution in [1.29, 1.82) is 0 Å². The Morgan fingerprint density at radius 2 is 1.63 bits per heavy atom. The maximum absolute atomic E-state index is 13.7. The summed E-state index contributed by atoms with van der Waals surface area (Å²) in [4.78, 5) is 13.7. The fourth-order valence-corrected chi connectivity index (χ4v) is 6.44. The minimum Gasteiger partial charge on any atom is -0.511 e. The van der Waals surface area contributed by atoms with E-state index >= 15 is 0 Å². The maximum Gasteiger partial charge on any atom is 0.171 e. The van der Waals surface area contributed by atoms with E-state index in [1.165, 1.54) is 11.1 Å². The van der Waals surface area contributed by atoms with Crippen LogP contribution in [0.25, 0.3) is 16.7 Å². The predicted octanol–water partition coefficient (Wildman–Crippen LogP) is 7.03. The van der Waals surface area contributed by atoms with Gasteiger partial charge < -0.3 is 5.11 Å². The smallest absolute Gasteiger partial charge is 0.171 e. The number of ketones is 1. The Morgan fingerprint density at radius 1 is 1.00 bits per heavy atom. The molecule has 0 radical (unpaired) electrons. The average Bonchev–Trinajstić information content (AvgIpc) is 3.38. The summed E-state index contributed by atoms with van der Waals surface area (Å²) in [5.74, 6) is 1.01. The summed E-state index contributed by atoms with van der Waals surface area (Å²) < 4.78 is 0. The van der Waals surface area contributed by atoms with Gasteiger partial charge in [0, 0.05) is 16.9 Å². The van der Waals surface area contributed by atoms with E-state index in [1.54, 1.807) is 0 Å². The van der Waals surface area contributed by atoms with Gasteiger partial charge >= 0.3 is 0 Å². The van der Waals surface area contributed by atoms with Gasteiger partial charge in [-0.25, -0.2) is 0 Å². The van der Waals surface area contributed by atoms with Gasteiger partial charge in [-0.1, -0.05) is 53.9 Å². The van der Waals surface area contributed by atoms with E-state index in [0.717, 1.165) is 41.5 Å². The van der Waals surface area contributed by atoms with Crippen LogP contribution >= 0.6 is 11.6 Å². The monoisotopic (exact) mass is 418 g/mol. The Kier molecular flexibility index (Phi) is 4.67. The van der Waals surface area contributed by atoms with Crippen LogP contribution < -0.4 is 0 Å². The molecule has 2 nitrogen and oxygen atoms in total. The third kappa shape index (κ3) is 2.73. The number of hydrogen-bond donors (Lipinski definition) is 1. The second-order valence-electron chi connectivity index (χ2n) is 9.15. The first-order valence-corrected chi connectivity index (χ1v) is 11.3. The molecule has 30 heavy (non-hydrogen) atoms. The Bertz CT molecular complexity index is 1100. The number of rotatable bonds is 3. The quantitative estimate of drug-likeness (QED) is 0.543. The SMILES string of the molecule is CCc1ccc(-c2ccc(Cl)cc2)cc1C1=C(O)C2C(C1=O)[C@@H]1CC[C@H]2C1=C(C)C. The highest BCUT2D eigenvalue weighted by molar-refractivity contribution is 6.30. The molecule has 0 aromatic heterocycles. The number of hydrogen-bond acceptors (Lipinski definition) is 2. The molecule has 2 unspecified atom stereocenters.